The first-order chi connectivity index (χ1) is 19.6. The lowest BCUT2D eigenvalue weighted by molar-refractivity contribution is 0.0173. The smallest absolute Gasteiger partial charge is 0.410 e. The summed E-state index contributed by atoms with van der Waals surface area (Å²) in [5.41, 5.74) is 3.81. The van der Waals surface area contributed by atoms with E-state index >= 15 is 0 Å². The van der Waals surface area contributed by atoms with Gasteiger partial charge >= 0.3 is 6.09 Å². The molecule has 8 nitrogen and oxygen atoms in total. The number of fused-ring (bicyclic) bond motifs is 2. The molecule has 3 aromatic rings. The van der Waals surface area contributed by atoms with Crippen LogP contribution in [0.3, 0.4) is 0 Å². The predicted octanol–water partition coefficient (Wildman–Crippen LogP) is 5.86. The Morgan fingerprint density at radius 1 is 1.10 bits per heavy atom. The zero-order valence-electron chi connectivity index (χ0n) is 24.7. The second-order valence-corrected chi connectivity index (χ2v) is 13.2. The highest BCUT2D eigenvalue weighted by molar-refractivity contribution is 5.94. The average Bonchev–Trinajstić information content (AvgIpc) is 3.51. The van der Waals surface area contributed by atoms with Crippen molar-refractivity contribution in [3.8, 4) is 0 Å². The molecule has 1 N–H and O–H groups in total. The molecule has 1 aromatic carbocycles. The Morgan fingerprint density at radius 2 is 1.88 bits per heavy atom. The van der Waals surface area contributed by atoms with E-state index in [9.17, 15) is 9.59 Å². The number of piperidine rings is 1. The Balaban J connectivity index is 1.14. The van der Waals surface area contributed by atoms with Crippen LogP contribution in [0.25, 0.3) is 10.8 Å². The van der Waals surface area contributed by atoms with E-state index in [2.05, 4.69) is 33.4 Å². The van der Waals surface area contributed by atoms with Crippen molar-refractivity contribution in [2.24, 2.45) is 17.8 Å². The Labute approximate surface area is 242 Å². The van der Waals surface area contributed by atoms with Crippen LogP contribution < -0.4 is 10.2 Å². The zero-order chi connectivity index (χ0) is 28.7. The minimum Gasteiger partial charge on any atom is -0.444 e. The summed E-state index contributed by atoms with van der Waals surface area (Å²) in [4.78, 5) is 39.3. The summed E-state index contributed by atoms with van der Waals surface area (Å²) >= 11 is 0. The van der Waals surface area contributed by atoms with E-state index in [1.54, 1.807) is 6.20 Å². The van der Waals surface area contributed by atoms with E-state index in [0.717, 1.165) is 71.2 Å². The quantitative estimate of drug-likeness (QED) is 0.375. The van der Waals surface area contributed by atoms with Crippen LogP contribution in [0.15, 0.2) is 42.7 Å². The summed E-state index contributed by atoms with van der Waals surface area (Å²) in [5, 5.41) is 5.14. The van der Waals surface area contributed by atoms with Crippen LogP contribution in [0, 0.1) is 24.7 Å². The van der Waals surface area contributed by atoms with Gasteiger partial charge in [0.25, 0.3) is 5.91 Å². The molecule has 41 heavy (non-hydrogen) atoms. The third-order valence-corrected chi connectivity index (χ3v) is 8.63. The number of nitrogens with zero attached hydrogens (tertiary/aromatic N) is 4. The molecule has 3 fully saturated rings. The Hall–Kier alpha value is -3.68. The summed E-state index contributed by atoms with van der Waals surface area (Å²) in [6, 6.07) is 10.2. The van der Waals surface area contributed by atoms with Gasteiger partial charge in [-0.05, 0) is 93.9 Å². The number of ether oxygens (including phenoxy) is 1. The molecule has 2 saturated carbocycles. The van der Waals surface area contributed by atoms with Crippen LogP contribution in [-0.4, -0.2) is 52.1 Å². The zero-order valence-corrected chi connectivity index (χ0v) is 24.7. The summed E-state index contributed by atoms with van der Waals surface area (Å²) in [6.45, 7) is 11.4. The van der Waals surface area contributed by atoms with Crippen molar-refractivity contribution in [3.63, 3.8) is 0 Å². The number of hydrogen-bond donors (Lipinski definition) is 1. The van der Waals surface area contributed by atoms with Gasteiger partial charge in [-0.25, -0.2) is 4.79 Å². The highest BCUT2D eigenvalue weighted by atomic mass is 16.6. The molecule has 2 aliphatic carbocycles. The molecule has 0 radical (unpaired) electrons. The number of carbonyl (C=O) groups excluding carboxylic acids is 2. The first-order valence-corrected chi connectivity index (χ1v) is 15.0. The summed E-state index contributed by atoms with van der Waals surface area (Å²) in [5.74, 6) is 2.03. The largest absolute Gasteiger partial charge is 0.444 e. The lowest BCUT2D eigenvalue weighted by Crippen LogP contribution is -2.40. The Kier molecular flexibility index (Phi) is 7.34. The van der Waals surface area contributed by atoms with E-state index in [-0.39, 0.29) is 12.0 Å². The molecule has 216 valence electrons. The summed E-state index contributed by atoms with van der Waals surface area (Å²) in [6.07, 6.45) is 8.11. The lowest BCUT2D eigenvalue weighted by Gasteiger charge is -2.33. The van der Waals surface area contributed by atoms with Crippen molar-refractivity contribution in [2.75, 3.05) is 24.5 Å². The molecule has 0 bridgehead atoms. The molecule has 3 aliphatic rings. The van der Waals surface area contributed by atoms with E-state index < -0.39 is 5.60 Å². The maximum Gasteiger partial charge on any atom is 0.410 e. The molecular formula is C33H41N5O3. The van der Waals surface area contributed by atoms with Gasteiger partial charge in [-0.1, -0.05) is 18.6 Å². The number of hydrogen-bond acceptors (Lipinski definition) is 6. The first kappa shape index (κ1) is 27.5. The number of pyridine rings is 2. The monoisotopic (exact) mass is 555 g/mol. The number of anilines is 1. The molecule has 6 rings (SSSR count). The van der Waals surface area contributed by atoms with Gasteiger partial charge in [0, 0.05) is 43.5 Å². The van der Waals surface area contributed by atoms with E-state index in [0.29, 0.717) is 31.1 Å². The average molecular weight is 556 g/mol. The first-order valence-electron chi connectivity index (χ1n) is 15.0. The summed E-state index contributed by atoms with van der Waals surface area (Å²) in [7, 11) is 0. The highest BCUT2D eigenvalue weighted by Crippen LogP contribution is 2.46. The fourth-order valence-electron chi connectivity index (χ4n) is 6.08. The van der Waals surface area contributed by atoms with E-state index in [1.807, 2.05) is 50.9 Å². The van der Waals surface area contributed by atoms with Gasteiger partial charge in [0.15, 0.2) is 0 Å². The van der Waals surface area contributed by atoms with Gasteiger partial charge < -0.3 is 19.9 Å². The van der Waals surface area contributed by atoms with Crippen LogP contribution >= 0.6 is 0 Å². The maximum atomic E-state index is 13.0. The number of amides is 2. The molecule has 1 aliphatic heterocycles. The number of aryl methyl sites for hydroxylation is 1. The molecular weight excluding hydrogens is 514 g/mol. The number of nitrogens with one attached hydrogen (secondary N) is 1. The standard InChI is InChI=1S/C33H41N5O3/c1-21-30-9-8-23(18-38(17-22-6-5-7-22)32(40)41-33(2,3)4)10-24(30)12-28(36-21)15-35-31(39)25-13-29(16-34-14-25)37-19-26-11-27(26)20-37/h8-10,12-14,16,22,26-27H,5-7,11,15,17-20H2,1-4H3,(H,35,39). The van der Waals surface area contributed by atoms with Gasteiger partial charge in [-0.3, -0.25) is 14.8 Å². The van der Waals surface area contributed by atoms with E-state index in [4.69, 9.17) is 9.72 Å². The van der Waals surface area contributed by atoms with Gasteiger partial charge in [0.1, 0.15) is 5.60 Å². The Morgan fingerprint density at radius 3 is 2.59 bits per heavy atom. The van der Waals surface area contributed by atoms with Crippen molar-refractivity contribution in [1.82, 2.24) is 20.2 Å². The van der Waals surface area contributed by atoms with Crippen LogP contribution in [0.1, 0.15) is 73.8 Å². The summed E-state index contributed by atoms with van der Waals surface area (Å²) < 4.78 is 5.73. The molecule has 0 spiro atoms. The number of carbonyl (C=O) groups is 2. The maximum absolute atomic E-state index is 13.0. The number of rotatable bonds is 8. The molecule has 2 aromatic heterocycles. The van der Waals surface area contributed by atoms with Crippen LogP contribution in [0.4, 0.5) is 10.5 Å². The molecule has 1 saturated heterocycles. The molecule has 2 amide bonds. The van der Waals surface area contributed by atoms with Crippen molar-refractivity contribution >= 4 is 28.5 Å². The second kappa shape index (κ2) is 11.0. The molecule has 8 heteroatoms. The van der Waals surface area contributed by atoms with Gasteiger partial charge in [0.2, 0.25) is 0 Å². The second-order valence-electron chi connectivity index (χ2n) is 13.2. The van der Waals surface area contributed by atoms with Gasteiger partial charge in [0.05, 0.1) is 29.7 Å². The van der Waals surface area contributed by atoms with Crippen molar-refractivity contribution < 1.29 is 14.3 Å². The lowest BCUT2D eigenvalue weighted by atomic mass is 9.85. The predicted molar refractivity (Wildman–Crippen MR) is 160 cm³/mol. The van der Waals surface area contributed by atoms with Crippen LogP contribution in [-0.2, 0) is 17.8 Å². The third-order valence-electron chi connectivity index (χ3n) is 8.63. The number of benzene rings is 1. The SMILES string of the molecule is Cc1nc(CNC(=O)c2cncc(N3CC4CC4C3)c2)cc2cc(CN(CC3CCC3)C(=O)OC(C)(C)C)ccc12. The normalized spacial score (nSPS) is 20.0. The molecule has 3 heterocycles. The molecule has 2 unspecified atom stereocenters. The van der Waals surface area contributed by atoms with Crippen LogP contribution in [0.5, 0.6) is 0 Å². The van der Waals surface area contributed by atoms with Gasteiger partial charge in [-0.2, -0.15) is 0 Å². The van der Waals surface area contributed by atoms with Gasteiger partial charge in [-0.15, -0.1) is 0 Å². The van der Waals surface area contributed by atoms with Crippen molar-refractivity contribution in [1.29, 1.82) is 0 Å². The molecule has 2 atom stereocenters. The minimum atomic E-state index is -0.535. The highest BCUT2D eigenvalue weighted by Gasteiger charge is 2.45. The Bertz CT molecular complexity index is 1450. The van der Waals surface area contributed by atoms with Crippen molar-refractivity contribution in [2.45, 2.75) is 72.1 Å². The fourth-order valence-corrected chi connectivity index (χ4v) is 6.08. The van der Waals surface area contributed by atoms with E-state index in [1.165, 1.54) is 12.8 Å². The minimum absolute atomic E-state index is 0.152. The number of aromatic nitrogens is 2. The van der Waals surface area contributed by atoms with Crippen molar-refractivity contribution in [3.05, 3.63) is 65.2 Å². The van der Waals surface area contributed by atoms with Crippen LogP contribution in [0.2, 0.25) is 0 Å². The fraction of sp³-hybridized carbons (Fsp3) is 0.515. The third kappa shape index (κ3) is 6.47. The topological polar surface area (TPSA) is 87.7 Å².